The summed E-state index contributed by atoms with van der Waals surface area (Å²) in [6.07, 6.45) is 0. The molecule has 3 nitrogen and oxygen atoms in total. The number of thiazole rings is 1. The van der Waals surface area contributed by atoms with E-state index in [0.717, 1.165) is 20.1 Å². The smallest absolute Gasteiger partial charge is 0.261 e. The summed E-state index contributed by atoms with van der Waals surface area (Å²) < 4.78 is 1.15. The number of hydrogen-bond donors (Lipinski definition) is 1. The second-order valence-corrected chi connectivity index (χ2v) is 6.98. The molecule has 1 N–H and O–H groups in total. The number of amides is 1. The highest BCUT2D eigenvalue weighted by atomic mass is 32.1. The molecule has 102 valence electrons. The summed E-state index contributed by atoms with van der Waals surface area (Å²) in [6, 6.07) is 9.95. The van der Waals surface area contributed by atoms with E-state index in [4.69, 9.17) is 0 Å². The van der Waals surface area contributed by atoms with Crippen molar-refractivity contribution in [2.24, 2.45) is 0 Å². The van der Waals surface area contributed by atoms with E-state index in [2.05, 4.69) is 10.3 Å². The lowest BCUT2D eigenvalue weighted by molar-refractivity contribution is 0.0955. The Labute approximate surface area is 125 Å². The van der Waals surface area contributed by atoms with E-state index in [9.17, 15) is 4.79 Å². The number of nitrogens with one attached hydrogen (secondary N) is 1. The summed E-state index contributed by atoms with van der Waals surface area (Å²) in [5, 5.41) is 3.87. The van der Waals surface area contributed by atoms with Crippen LogP contribution in [0.15, 0.2) is 30.3 Å². The van der Waals surface area contributed by atoms with Crippen LogP contribution >= 0.6 is 22.7 Å². The molecule has 2 aromatic heterocycles. The molecule has 0 saturated carbocycles. The summed E-state index contributed by atoms with van der Waals surface area (Å²) in [5.74, 6) is -0.0227. The first-order chi connectivity index (χ1) is 9.63. The molecular weight excluding hydrogens is 288 g/mol. The van der Waals surface area contributed by atoms with Gasteiger partial charge >= 0.3 is 0 Å². The van der Waals surface area contributed by atoms with Gasteiger partial charge in [0.2, 0.25) is 0 Å². The highest BCUT2D eigenvalue weighted by molar-refractivity contribution is 7.18. The molecule has 0 radical (unpaired) electrons. The molecule has 3 aromatic rings. The number of aryl methyl sites for hydroxylation is 2. The third-order valence-electron chi connectivity index (χ3n) is 3.13. The minimum atomic E-state index is -0.0227. The van der Waals surface area contributed by atoms with Gasteiger partial charge in [-0.15, -0.1) is 22.7 Å². The summed E-state index contributed by atoms with van der Waals surface area (Å²) in [5.41, 5.74) is 2.16. The first kappa shape index (κ1) is 13.3. The molecule has 3 rings (SSSR count). The van der Waals surface area contributed by atoms with Gasteiger partial charge in [-0.25, -0.2) is 4.98 Å². The van der Waals surface area contributed by atoms with E-state index in [0.29, 0.717) is 6.54 Å². The molecule has 2 heterocycles. The summed E-state index contributed by atoms with van der Waals surface area (Å²) in [7, 11) is 0. The zero-order valence-electron chi connectivity index (χ0n) is 11.3. The molecule has 1 aromatic carbocycles. The van der Waals surface area contributed by atoms with Crippen LogP contribution in [0.25, 0.3) is 10.2 Å². The van der Waals surface area contributed by atoms with Gasteiger partial charge in [0, 0.05) is 4.88 Å². The predicted octanol–water partition coefficient (Wildman–Crippen LogP) is 3.90. The van der Waals surface area contributed by atoms with Crippen molar-refractivity contribution in [2.45, 2.75) is 20.4 Å². The monoisotopic (exact) mass is 302 g/mol. The fraction of sp³-hybridized carbons (Fsp3) is 0.200. The van der Waals surface area contributed by atoms with Crippen molar-refractivity contribution in [3.63, 3.8) is 0 Å². The maximum atomic E-state index is 12.1. The van der Waals surface area contributed by atoms with Crippen molar-refractivity contribution in [1.29, 1.82) is 0 Å². The van der Waals surface area contributed by atoms with E-state index >= 15 is 0 Å². The summed E-state index contributed by atoms with van der Waals surface area (Å²) >= 11 is 3.15. The minimum absolute atomic E-state index is 0.0227. The van der Waals surface area contributed by atoms with Gasteiger partial charge in [0.1, 0.15) is 5.01 Å². The van der Waals surface area contributed by atoms with Crippen LogP contribution in [0.5, 0.6) is 0 Å². The molecule has 0 spiro atoms. The predicted molar refractivity (Wildman–Crippen MR) is 84.6 cm³/mol. The van der Waals surface area contributed by atoms with Gasteiger partial charge in [-0.05, 0) is 37.6 Å². The normalized spacial score (nSPS) is 10.9. The van der Waals surface area contributed by atoms with E-state index in [-0.39, 0.29) is 5.91 Å². The Morgan fingerprint density at radius 2 is 2.05 bits per heavy atom. The molecule has 1 amide bonds. The Bertz CT molecular complexity index is 721. The molecule has 0 fully saturated rings. The van der Waals surface area contributed by atoms with Crippen LogP contribution in [0.2, 0.25) is 0 Å². The van der Waals surface area contributed by atoms with Gasteiger partial charge in [0.25, 0.3) is 5.91 Å². The molecule has 20 heavy (non-hydrogen) atoms. The number of para-hydroxylation sites is 1. The summed E-state index contributed by atoms with van der Waals surface area (Å²) in [4.78, 5) is 18.5. The number of carbonyl (C=O) groups is 1. The van der Waals surface area contributed by atoms with Crippen molar-refractivity contribution >= 4 is 38.8 Å². The van der Waals surface area contributed by atoms with Gasteiger partial charge in [-0.2, -0.15) is 0 Å². The topological polar surface area (TPSA) is 42.0 Å². The average molecular weight is 302 g/mol. The Kier molecular flexibility index (Phi) is 3.54. The number of fused-ring (bicyclic) bond motifs is 1. The van der Waals surface area contributed by atoms with Crippen molar-refractivity contribution in [3.8, 4) is 0 Å². The van der Waals surface area contributed by atoms with Crippen LogP contribution in [0.4, 0.5) is 0 Å². The van der Waals surface area contributed by atoms with Crippen LogP contribution in [0.1, 0.15) is 25.1 Å². The molecule has 0 unspecified atom stereocenters. The molecule has 0 aliphatic rings. The van der Waals surface area contributed by atoms with Gasteiger partial charge in [0.15, 0.2) is 0 Å². The molecule has 5 heteroatoms. The van der Waals surface area contributed by atoms with Crippen molar-refractivity contribution < 1.29 is 4.79 Å². The van der Waals surface area contributed by atoms with Crippen molar-refractivity contribution in [2.75, 3.05) is 0 Å². The first-order valence-corrected chi connectivity index (χ1v) is 7.96. The van der Waals surface area contributed by atoms with Crippen LogP contribution in [-0.4, -0.2) is 10.9 Å². The second kappa shape index (κ2) is 5.34. The Balaban J connectivity index is 1.71. The SMILES string of the molecule is Cc1cc(C(=O)NCc2nc3ccccc3s2)sc1C. The zero-order valence-corrected chi connectivity index (χ0v) is 12.9. The fourth-order valence-electron chi connectivity index (χ4n) is 1.92. The highest BCUT2D eigenvalue weighted by Crippen LogP contribution is 2.22. The number of hydrogen-bond acceptors (Lipinski definition) is 4. The number of carbonyl (C=O) groups excluding carboxylic acids is 1. The number of thiophene rings is 1. The van der Waals surface area contributed by atoms with Gasteiger partial charge in [-0.3, -0.25) is 4.79 Å². The molecule has 0 atom stereocenters. The number of aromatic nitrogens is 1. The number of benzene rings is 1. The van der Waals surface area contributed by atoms with Crippen LogP contribution in [0, 0.1) is 13.8 Å². The number of nitrogens with zero attached hydrogens (tertiary/aromatic N) is 1. The van der Waals surface area contributed by atoms with E-state index in [1.54, 1.807) is 11.3 Å². The second-order valence-electron chi connectivity index (χ2n) is 4.61. The fourth-order valence-corrected chi connectivity index (χ4v) is 3.78. The third kappa shape index (κ3) is 2.59. The molecule has 0 aliphatic carbocycles. The molecule has 0 bridgehead atoms. The maximum Gasteiger partial charge on any atom is 0.261 e. The lowest BCUT2D eigenvalue weighted by Gasteiger charge is -1.99. The summed E-state index contributed by atoms with van der Waals surface area (Å²) in [6.45, 7) is 4.54. The van der Waals surface area contributed by atoms with E-state index in [1.165, 1.54) is 21.8 Å². The largest absolute Gasteiger partial charge is 0.345 e. The number of rotatable bonds is 3. The quantitative estimate of drug-likeness (QED) is 0.797. The van der Waals surface area contributed by atoms with Crippen molar-refractivity contribution in [1.82, 2.24) is 10.3 Å². The molecule has 0 aliphatic heterocycles. The van der Waals surface area contributed by atoms with Gasteiger partial charge in [0.05, 0.1) is 21.6 Å². The standard InChI is InChI=1S/C15H14N2OS2/c1-9-7-13(19-10(9)2)15(18)16-8-14-17-11-5-3-4-6-12(11)20-14/h3-7H,8H2,1-2H3,(H,16,18). The molecule has 0 saturated heterocycles. The van der Waals surface area contributed by atoms with E-state index < -0.39 is 0 Å². The Morgan fingerprint density at radius 3 is 2.75 bits per heavy atom. The van der Waals surface area contributed by atoms with E-state index in [1.807, 2.05) is 44.2 Å². The first-order valence-electron chi connectivity index (χ1n) is 6.33. The minimum Gasteiger partial charge on any atom is -0.345 e. The van der Waals surface area contributed by atoms with Gasteiger partial charge < -0.3 is 5.32 Å². The lowest BCUT2D eigenvalue weighted by atomic mass is 10.3. The lowest BCUT2D eigenvalue weighted by Crippen LogP contribution is -2.21. The van der Waals surface area contributed by atoms with Crippen molar-refractivity contribution in [3.05, 3.63) is 50.7 Å². The zero-order chi connectivity index (χ0) is 14.1. The Morgan fingerprint density at radius 1 is 1.25 bits per heavy atom. The van der Waals surface area contributed by atoms with Gasteiger partial charge in [-0.1, -0.05) is 12.1 Å². The highest BCUT2D eigenvalue weighted by Gasteiger charge is 2.11. The average Bonchev–Trinajstić information content (AvgIpc) is 3.00. The van der Waals surface area contributed by atoms with Crippen LogP contribution in [-0.2, 0) is 6.54 Å². The van der Waals surface area contributed by atoms with Crippen LogP contribution < -0.4 is 5.32 Å². The van der Waals surface area contributed by atoms with Crippen LogP contribution in [0.3, 0.4) is 0 Å². The Hall–Kier alpha value is -1.72. The maximum absolute atomic E-state index is 12.1. The third-order valence-corrected chi connectivity index (χ3v) is 5.32. The molecular formula is C15H14N2OS2.